The molecule has 1 aliphatic heterocycles. The molecule has 3 rings (SSSR count). The molecule has 2 heteroatoms. The SMILES string of the molecule is Cc1cccc(O[C@@H]2CCN(Cc3ccccc3)C2)c1. The summed E-state index contributed by atoms with van der Waals surface area (Å²) in [5, 5.41) is 0. The van der Waals surface area contributed by atoms with Crippen molar-refractivity contribution in [2.24, 2.45) is 0 Å². The van der Waals surface area contributed by atoms with Gasteiger partial charge in [-0.25, -0.2) is 0 Å². The van der Waals surface area contributed by atoms with Crippen molar-refractivity contribution < 1.29 is 4.74 Å². The Morgan fingerprint density at radius 2 is 1.95 bits per heavy atom. The van der Waals surface area contributed by atoms with Crippen LogP contribution in [0.15, 0.2) is 54.6 Å². The molecule has 0 amide bonds. The van der Waals surface area contributed by atoms with Crippen LogP contribution in [-0.2, 0) is 6.54 Å². The maximum absolute atomic E-state index is 6.08. The van der Waals surface area contributed by atoms with Gasteiger partial charge in [-0.05, 0) is 36.6 Å². The van der Waals surface area contributed by atoms with E-state index in [0.29, 0.717) is 6.10 Å². The highest BCUT2D eigenvalue weighted by atomic mass is 16.5. The molecular weight excluding hydrogens is 246 g/mol. The number of hydrogen-bond donors (Lipinski definition) is 0. The monoisotopic (exact) mass is 267 g/mol. The van der Waals surface area contributed by atoms with Gasteiger partial charge in [0.15, 0.2) is 0 Å². The molecule has 0 N–H and O–H groups in total. The Kier molecular flexibility index (Phi) is 4.03. The molecule has 1 heterocycles. The second kappa shape index (κ2) is 6.10. The molecule has 0 radical (unpaired) electrons. The second-order valence-corrected chi connectivity index (χ2v) is 5.57. The maximum Gasteiger partial charge on any atom is 0.120 e. The smallest absolute Gasteiger partial charge is 0.120 e. The lowest BCUT2D eigenvalue weighted by Gasteiger charge is -2.17. The van der Waals surface area contributed by atoms with Gasteiger partial charge in [-0.2, -0.15) is 0 Å². The first kappa shape index (κ1) is 13.2. The molecule has 104 valence electrons. The summed E-state index contributed by atoms with van der Waals surface area (Å²) < 4.78 is 6.08. The third-order valence-corrected chi connectivity index (χ3v) is 3.77. The molecule has 0 aromatic heterocycles. The van der Waals surface area contributed by atoms with Gasteiger partial charge in [0.1, 0.15) is 11.9 Å². The Balaban J connectivity index is 1.54. The Morgan fingerprint density at radius 3 is 2.75 bits per heavy atom. The molecule has 1 fully saturated rings. The van der Waals surface area contributed by atoms with E-state index in [1.165, 1.54) is 11.1 Å². The Bertz CT molecular complexity index is 552. The number of benzene rings is 2. The fraction of sp³-hybridized carbons (Fsp3) is 0.333. The van der Waals surface area contributed by atoms with Crippen molar-refractivity contribution in [1.29, 1.82) is 0 Å². The summed E-state index contributed by atoms with van der Waals surface area (Å²) in [7, 11) is 0. The Hall–Kier alpha value is -1.80. The van der Waals surface area contributed by atoms with Crippen LogP contribution in [-0.4, -0.2) is 24.1 Å². The van der Waals surface area contributed by atoms with Gasteiger partial charge in [-0.15, -0.1) is 0 Å². The van der Waals surface area contributed by atoms with Gasteiger partial charge in [-0.3, -0.25) is 4.90 Å². The average molecular weight is 267 g/mol. The summed E-state index contributed by atoms with van der Waals surface area (Å²) >= 11 is 0. The van der Waals surface area contributed by atoms with E-state index in [1.807, 2.05) is 6.07 Å². The van der Waals surface area contributed by atoms with Crippen LogP contribution in [0.2, 0.25) is 0 Å². The minimum Gasteiger partial charge on any atom is -0.489 e. The number of nitrogens with zero attached hydrogens (tertiary/aromatic N) is 1. The van der Waals surface area contributed by atoms with Crippen LogP contribution in [0.25, 0.3) is 0 Å². The Labute approximate surface area is 121 Å². The number of aryl methyl sites for hydroxylation is 1. The summed E-state index contributed by atoms with van der Waals surface area (Å²) in [5.41, 5.74) is 2.63. The molecule has 1 aliphatic rings. The summed E-state index contributed by atoms with van der Waals surface area (Å²) in [5.74, 6) is 0.997. The van der Waals surface area contributed by atoms with Crippen LogP contribution in [0.5, 0.6) is 5.75 Å². The minimum absolute atomic E-state index is 0.320. The lowest BCUT2D eigenvalue weighted by Crippen LogP contribution is -2.24. The van der Waals surface area contributed by atoms with E-state index in [2.05, 4.69) is 60.4 Å². The number of hydrogen-bond acceptors (Lipinski definition) is 2. The van der Waals surface area contributed by atoms with Crippen molar-refractivity contribution in [3.05, 3.63) is 65.7 Å². The zero-order valence-corrected chi connectivity index (χ0v) is 12.0. The zero-order valence-electron chi connectivity index (χ0n) is 12.0. The molecule has 20 heavy (non-hydrogen) atoms. The van der Waals surface area contributed by atoms with E-state index >= 15 is 0 Å². The van der Waals surface area contributed by atoms with Crippen molar-refractivity contribution in [2.45, 2.75) is 26.0 Å². The quantitative estimate of drug-likeness (QED) is 0.838. The molecule has 0 aliphatic carbocycles. The van der Waals surface area contributed by atoms with E-state index in [0.717, 1.165) is 31.8 Å². The normalized spacial score (nSPS) is 19.1. The third kappa shape index (κ3) is 3.40. The van der Waals surface area contributed by atoms with Crippen LogP contribution >= 0.6 is 0 Å². The summed E-state index contributed by atoms with van der Waals surface area (Å²) in [6.07, 6.45) is 1.43. The first-order valence-electron chi connectivity index (χ1n) is 7.29. The van der Waals surface area contributed by atoms with Crippen LogP contribution < -0.4 is 4.74 Å². The summed E-state index contributed by atoms with van der Waals surface area (Å²) in [4.78, 5) is 2.47. The third-order valence-electron chi connectivity index (χ3n) is 3.77. The summed E-state index contributed by atoms with van der Waals surface area (Å²) in [6.45, 7) is 5.26. The van der Waals surface area contributed by atoms with Crippen LogP contribution in [0, 0.1) is 6.92 Å². The molecule has 2 aromatic rings. The van der Waals surface area contributed by atoms with Crippen molar-refractivity contribution in [3.63, 3.8) is 0 Å². The van der Waals surface area contributed by atoms with E-state index in [4.69, 9.17) is 4.74 Å². The number of rotatable bonds is 4. The molecule has 2 nitrogen and oxygen atoms in total. The molecule has 1 saturated heterocycles. The lowest BCUT2D eigenvalue weighted by molar-refractivity contribution is 0.198. The maximum atomic E-state index is 6.08. The van der Waals surface area contributed by atoms with Gasteiger partial charge in [0.25, 0.3) is 0 Å². The number of likely N-dealkylation sites (tertiary alicyclic amines) is 1. The largest absolute Gasteiger partial charge is 0.489 e. The van der Waals surface area contributed by atoms with E-state index in [-0.39, 0.29) is 0 Å². The van der Waals surface area contributed by atoms with Gasteiger partial charge in [-0.1, -0.05) is 42.5 Å². The van der Waals surface area contributed by atoms with E-state index in [9.17, 15) is 0 Å². The van der Waals surface area contributed by atoms with Gasteiger partial charge in [0.2, 0.25) is 0 Å². The highest BCUT2D eigenvalue weighted by Gasteiger charge is 2.23. The number of ether oxygens (including phenoxy) is 1. The molecular formula is C18H21NO. The van der Waals surface area contributed by atoms with Crippen LogP contribution in [0.4, 0.5) is 0 Å². The van der Waals surface area contributed by atoms with Gasteiger partial charge >= 0.3 is 0 Å². The second-order valence-electron chi connectivity index (χ2n) is 5.57. The lowest BCUT2D eigenvalue weighted by atomic mass is 10.2. The highest BCUT2D eigenvalue weighted by molar-refractivity contribution is 5.27. The Morgan fingerprint density at radius 1 is 1.10 bits per heavy atom. The molecule has 1 atom stereocenters. The van der Waals surface area contributed by atoms with Crippen molar-refractivity contribution in [2.75, 3.05) is 13.1 Å². The first-order chi connectivity index (χ1) is 9.79. The van der Waals surface area contributed by atoms with Crippen molar-refractivity contribution >= 4 is 0 Å². The molecule has 0 spiro atoms. The average Bonchev–Trinajstić information content (AvgIpc) is 2.87. The van der Waals surface area contributed by atoms with Crippen molar-refractivity contribution in [3.8, 4) is 5.75 Å². The van der Waals surface area contributed by atoms with E-state index in [1.54, 1.807) is 0 Å². The predicted molar refractivity (Wildman–Crippen MR) is 81.9 cm³/mol. The van der Waals surface area contributed by atoms with Crippen molar-refractivity contribution in [1.82, 2.24) is 4.90 Å². The standard InChI is InChI=1S/C18H21NO/c1-15-6-5-9-17(12-15)20-18-10-11-19(14-18)13-16-7-3-2-4-8-16/h2-9,12,18H,10-11,13-14H2,1H3/t18-/m1/s1. The van der Waals surface area contributed by atoms with Gasteiger partial charge < -0.3 is 4.74 Å². The first-order valence-corrected chi connectivity index (χ1v) is 7.29. The molecule has 2 aromatic carbocycles. The zero-order chi connectivity index (χ0) is 13.8. The van der Waals surface area contributed by atoms with E-state index < -0.39 is 0 Å². The van der Waals surface area contributed by atoms with Gasteiger partial charge in [0, 0.05) is 19.6 Å². The highest BCUT2D eigenvalue weighted by Crippen LogP contribution is 2.20. The molecule has 0 saturated carbocycles. The summed E-state index contributed by atoms with van der Waals surface area (Å²) in [6, 6.07) is 19.0. The molecule has 0 bridgehead atoms. The topological polar surface area (TPSA) is 12.5 Å². The van der Waals surface area contributed by atoms with Crippen LogP contribution in [0.1, 0.15) is 17.5 Å². The minimum atomic E-state index is 0.320. The van der Waals surface area contributed by atoms with Crippen LogP contribution in [0.3, 0.4) is 0 Å². The molecule has 0 unspecified atom stereocenters. The fourth-order valence-corrected chi connectivity index (χ4v) is 2.76. The predicted octanol–water partition coefficient (Wildman–Crippen LogP) is 3.65. The fourth-order valence-electron chi connectivity index (χ4n) is 2.76. The van der Waals surface area contributed by atoms with Gasteiger partial charge in [0.05, 0.1) is 0 Å².